The molecule has 4 heteroatoms. The van der Waals surface area contributed by atoms with Crippen LogP contribution in [0.25, 0.3) is 6.08 Å². The number of benzene rings is 2. The zero-order valence-electron chi connectivity index (χ0n) is 11.5. The number of allylic oxidation sites excluding steroid dienone is 1. The highest BCUT2D eigenvalue weighted by Gasteiger charge is 2.26. The third-order valence-corrected chi connectivity index (χ3v) is 3.60. The van der Waals surface area contributed by atoms with Gasteiger partial charge in [0.1, 0.15) is 5.75 Å². The van der Waals surface area contributed by atoms with E-state index < -0.39 is 0 Å². The zero-order valence-corrected chi connectivity index (χ0v) is 11.5. The molecule has 2 N–H and O–H groups in total. The number of fused-ring (bicyclic) bond motifs is 1. The van der Waals surface area contributed by atoms with E-state index in [0.29, 0.717) is 28.9 Å². The first-order valence-corrected chi connectivity index (χ1v) is 6.53. The summed E-state index contributed by atoms with van der Waals surface area (Å²) in [5.41, 5.74) is 2.59. The van der Waals surface area contributed by atoms with Crippen LogP contribution < -0.4 is 4.74 Å². The van der Waals surface area contributed by atoms with E-state index in [9.17, 15) is 15.0 Å². The Hall–Kier alpha value is -2.75. The molecule has 2 aromatic rings. The standard InChI is InChI=1S/C17H14O4/c1-21-16-8-10(5-6-15(16)19)7-11-9-13-12(17(11)20)3-2-4-14(13)18/h2-8,18-19H,9H2,1H3. The topological polar surface area (TPSA) is 66.8 Å². The molecule has 0 saturated heterocycles. The SMILES string of the molecule is COc1cc(C=C2Cc3c(O)cccc3C2=O)ccc1O. The quantitative estimate of drug-likeness (QED) is 0.831. The summed E-state index contributed by atoms with van der Waals surface area (Å²) < 4.78 is 5.05. The number of phenols is 2. The summed E-state index contributed by atoms with van der Waals surface area (Å²) in [6.07, 6.45) is 2.16. The largest absolute Gasteiger partial charge is 0.508 e. The normalized spacial score (nSPS) is 15.3. The fourth-order valence-electron chi connectivity index (χ4n) is 2.52. The highest BCUT2D eigenvalue weighted by Crippen LogP contribution is 2.34. The molecule has 106 valence electrons. The molecule has 0 aliphatic heterocycles. The van der Waals surface area contributed by atoms with Crippen LogP contribution in [0.3, 0.4) is 0 Å². The molecule has 0 fully saturated rings. The minimum atomic E-state index is -0.0760. The number of Topliss-reactive ketones (excluding diaryl/α,β-unsaturated/α-hetero) is 1. The molecule has 3 rings (SSSR count). The Morgan fingerprint density at radius 3 is 2.67 bits per heavy atom. The van der Waals surface area contributed by atoms with Gasteiger partial charge in [-0.2, -0.15) is 0 Å². The monoisotopic (exact) mass is 282 g/mol. The van der Waals surface area contributed by atoms with Crippen molar-refractivity contribution in [1.82, 2.24) is 0 Å². The van der Waals surface area contributed by atoms with E-state index in [1.165, 1.54) is 13.2 Å². The minimum absolute atomic E-state index is 0.0540. The second-order valence-corrected chi connectivity index (χ2v) is 4.91. The van der Waals surface area contributed by atoms with Crippen LogP contribution in [0.5, 0.6) is 17.2 Å². The summed E-state index contributed by atoms with van der Waals surface area (Å²) in [5, 5.41) is 19.4. The van der Waals surface area contributed by atoms with Crippen LogP contribution in [0.15, 0.2) is 42.0 Å². The first kappa shape index (κ1) is 13.2. The van der Waals surface area contributed by atoms with E-state index in [0.717, 1.165) is 5.56 Å². The summed E-state index contributed by atoms with van der Waals surface area (Å²) >= 11 is 0. The molecule has 0 aromatic heterocycles. The number of carbonyl (C=O) groups excluding carboxylic acids is 1. The van der Waals surface area contributed by atoms with Crippen molar-refractivity contribution in [2.45, 2.75) is 6.42 Å². The van der Waals surface area contributed by atoms with Gasteiger partial charge in [-0.3, -0.25) is 4.79 Å². The molecular formula is C17H14O4. The van der Waals surface area contributed by atoms with Crippen LogP contribution in [0.2, 0.25) is 0 Å². The molecular weight excluding hydrogens is 268 g/mol. The van der Waals surface area contributed by atoms with Crippen LogP contribution in [0.4, 0.5) is 0 Å². The fourth-order valence-corrected chi connectivity index (χ4v) is 2.52. The first-order chi connectivity index (χ1) is 10.1. The number of hydrogen-bond donors (Lipinski definition) is 2. The zero-order chi connectivity index (χ0) is 15.0. The molecule has 0 atom stereocenters. The Labute approximate surface area is 121 Å². The van der Waals surface area contributed by atoms with Crippen LogP contribution in [0.1, 0.15) is 21.5 Å². The van der Waals surface area contributed by atoms with Gasteiger partial charge in [-0.15, -0.1) is 0 Å². The summed E-state index contributed by atoms with van der Waals surface area (Å²) in [5.74, 6) is 0.481. The van der Waals surface area contributed by atoms with E-state index >= 15 is 0 Å². The predicted octanol–water partition coefficient (Wildman–Crippen LogP) is 2.93. The third-order valence-electron chi connectivity index (χ3n) is 3.60. The van der Waals surface area contributed by atoms with Crippen LogP contribution >= 0.6 is 0 Å². The van der Waals surface area contributed by atoms with Crippen molar-refractivity contribution in [3.63, 3.8) is 0 Å². The van der Waals surface area contributed by atoms with Crippen LogP contribution in [-0.2, 0) is 6.42 Å². The molecule has 0 unspecified atom stereocenters. The number of ketones is 1. The molecule has 2 aromatic carbocycles. The lowest BCUT2D eigenvalue weighted by Crippen LogP contribution is -1.95. The number of carbonyl (C=O) groups is 1. The Morgan fingerprint density at radius 1 is 1.14 bits per heavy atom. The van der Waals surface area contributed by atoms with E-state index in [-0.39, 0.29) is 17.3 Å². The molecule has 0 amide bonds. The maximum absolute atomic E-state index is 12.3. The number of hydrogen-bond acceptors (Lipinski definition) is 4. The average Bonchev–Trinajstić information content (AvgIpc) is 2.80. The van der Waals surface area contributed by atoms with Crippen LogP contribution in [-0.4, -0.2) is 23.1 Å². The minimum Gasteiger partial charge on any atom is -0.508 e. The molecule has 0 bridgehead atoms. The maximum atomic E-state index is 12.3. The number of ether oxygens (including phenoxy) is 1. The van der Waals surface area contributed by atoms with Gasteiger partial charge in [0.05, 0.1) is 7.11 Å². The molecule has 0 heterocycles. The van der Waals surface area contributed by atoms with Crippen molar-refractivity contribution in [2.75, 3.05) is 7.11 Å². The highest BCUT2D eigenvalue weighted by atomic mass is 16.5. The average molecular weight is 282 g/mol. The predicted molar refractivity (Wildman–Crippen MR) is 78.8 cm³/mol. The second kappa shape index (κ2) is 4.98. The van der Waals surface area contributed by atoms with Gasteiger partial charge < -0.3 is 14.9 Å². The van der Waals surface area contributed by atoms with Crippen molar-refractivity contribution >= 4 is 11.9 Å². The van der Waals surface area contributed by atoms with Crippen molar-refractivity contribution in [3.05, 3.63) is 58.7 Å². The van der Waals surface area contributed by atoms with E-state index in [2.05, 4.69) is 0 Å². The Bertz CT molecular complexity index is 759. The van der Waals surface area contributed by atoms with Crippen molar-refractivity contribution in [2.24, 2.45) is 0 Å². The molecule has 0 saturated carbocycles. The second-order valence-electron chi connectivity index (χ2n) is 4.91. The number of aromatic hydroxyl groups is 2. The van der Waals surface area contributed by atoms with Crippen molar-refractivity contribution in [1.29, 1.82) is 0 Å². The first-order valence-electron chi connectivity index (χ1n) is 6.53. The molecule has 4 nitrogen and oxygen atoms in total. The summed E-state index contributed by atoms with van der Waals surface area (Å²) in [4.78, 5) is 12.3. The Morgan fingerprint density at radius 2 is 1.95 bits per heavy atom. The lowest BCUT2D eigenvalue weighted by atomic mass is 10.1. The van der Waals surface area contributed by atoms with Gasteiger partial charge in [0, 0.05) is 23.1 Å². The molecule has 0 spiro atoms. The Kier molecular flexibility index (Phi) is 3.14. The van der Waals surface area contributed by atoms with Gasteiger partial charge in [0.15, 0.2) is 17.3 Å². The van der Waals surface area contributed by atoms with Gasteiger partial charge in [-0.05, 0) is 29.8 Å². The molecule has 1 aliphatic carbocycles. The van der Waals surface area contributed by atoms with Gasteiger partial charge >= 0.3 is 0 Å². The van der Waals surface area contributed by atoms with Gasteiger partial charge in [-0.1, -0.05) is 18.2 Å². The number of phenolic OH excluding ortho intramolecular Hbond substituents is 2. The summed E-state index contributed by atoms with van der Waals surface area (Å²) in [6, 6.07) is 9.86. The van der Waals surface area contributed by atoms with E-state index in [1.54, 1.807) is 36.4 Å². The Balaban J connectivity index is 2.00. The van der Waals surface area contributed by atoms with E-state index in [4.69, 9.17) is 4.74 Å². The van der Waals surface area contributed by atoms with Gasteiger partial charge in [0.2, 0.25) is 0 Å². The van der Waals surface area contributed by atoms with Crippen molar-refractivity contribution < 1.29 is 19.7 Å². The fraction of sp³-hybridized carbons (Fsp3) is 0.118. The maximum Gasteiger partial charge on any atom is 0.189 e. The molecule has 21 heavy (non-hydrogen) atoms. The number of rotatable bonds is 2. The van der Waals surface area contributed by atoms with Gasteiger partial charge in [0.25, 0.3) is 0 Å². The highest BCUT2D eigenvalue weighted by molar-refractivity contribution is 6.16. The van der Waals surface area contributed by atoms with Crippen molar-refractivity contribution in [3.8, 4) is 17.2 Å². The number of methoxy groups -OCH3 is 1. The summed E-state index contributed by atoms with van der Waals surface area (Å²) in [6.45, 7) is 0. The lowest BCUT2D eigenvalue weighted by molar-refractivity contribution is 0.104. The smallest absolute Gasteiger partial charge is 0.189 e. The van der Waals surface area contributed by atoms with E-state index in [1.807, 2.05) is 0 Å². The summed E-state index contributed by atoms with van der Waals surface area (Å²) in [7, 11) is 1.47. The lowest BCUT2D eigenvalue weighted by Gasteiger charge is -2.04. The molecule has 1 aliphatic rings. The third kappa shape index (κ3) is 2.25. The molecule has 0 radical (unpaired) electrons. The van der Waals surface area contributed by atoms with Gasteiger partial charge in [-0.25, -0.2) is 0 Å². The van der Waals surface area contributed by atoms with Crippen LogP contribution in [0, 0.1) is 0 Å².